The third-order valence-electron chi connectivity index (χ3n) is 3.30. The Kier molecular flexibility index (Phi) is 5.63. The Morgan fingerprint density at radius 1 is 1.16 bits per heavy atom. The first-order chi connectivity index (χ1) is 12.1. The van der Waals surface area contributed by atoms with Crippen LogP contribution in [0.4, 0.5) is 10.1 Å². The van der Waals surface area contributed by atoms with Gasteiger partial charge in [-0.05, 0) is 30.3 Å². The number of anilines is 1. The van der Waals surface area contributed by atoms with Crippen molar-refractivity contribution >= 4 is 54.5 Å². The van der Waals surface area contributed by atoms with E-state index in [2.05, 4.69) is 48.2 Å². The molecular weight excluding hydrogens is 469 g/mol. The van der Waals surface area contributed by atoms with E-state index < -0.39 is 5.82 Å². The molecule has 0 aliphatic heterocycles. The van der Waals surface area contributed by atoms with E-state index >= 15 is 0 Å². The molecule has 3 rings (SSSR count). The molecule has 124 valence electrons. The highest BCUT2D eigenvalue weighted by Gasteiger charge is 2.09. The molecule has 7 heteroatoms. The van der Waals surface area contributed by atoms with Crippen molar-refractivity contribution in [3.63, 3.8) is 0 Å². The highest BCUT2D eigenvalue weighted by atomic mass is 79.9. The zero-order valence-corrected chi connectivity index (χ0v) is 16.6. The lowest BCUT2D eigenvalue weighted by atomic mass is 10.2. The van der Waals surface area contributed by atoms with Gasteiger partial charge in [-0.3, -0.25) is 0 Å². The monoisotopic (exact) mass is 477 g/mol. The fourth-order valence-corrected chi connectivity index (χ4v) is 3.44. The molecule has 0 saturated heterocycles. The summed E-state index contributed by atoms with van der Waals surface area (Å²) in [5.41, 5.74) is 2.40. The largest absolute Gasteiger partial charge is 0.358 e. The molecule has 0 unspecified atom stereocenters. The quantitative estimate of drug-likeness (QED) is 0.438. The molecule has 0 radical (unpaired) electrons. The van der Waals surface area contributed by atoms with Gasteiger partial charge in [0.1, 0.15) is 22.5 Å². The average molecular weight is 479 g/mol. The lowest BCUT2D eigenvalue weighted by Crippen LogP contribution is -1.94. The molecule has 1 N–H and O–H groups in total. The molecule has 0 aliphatic carbocycles. The fraction of sp³-hybridized carbons (Fsp3) is 0. The summed E-state index contributed by atoms with van der Waals surface area (Å²) in [7, 11) is 0. The number of aromatic nitrogens is 1. The number of benzene rings is 2. The Morgan fingerprint density at radius 3 is 2.56 bits per heavy atom. The molecular formula is C18H10Br2FN3S. The van der Waals surface area contributed by atoms with E-state index in [1.165, 1.54) is 23.6 Å². The van der Waals surface area contributed by atoms with Crippen molar-refractivity contribution in [3.8, 4) is 17.3 Å². The first-order valence-electron chi connectivity index (χ1n) is 7.10. The standard InChI is InChI=1S/C18H10Br2FN3S/c19-13-3-1-11(2-4-13)17-10-25-18(24-17)12(8-22)9-23-16-6-5-14(20)7-15(16)21/h1-7,9-10,23H/b12-9+. The van der Waals surface area contributed by atoms with Crippen LogP contribution in [0.3, 0.4) is 0 Å². The van der Waals surface area contributed by atoms with Crippen LogP contribution in [-0.4, -0.2) is 4.98 Å². The molecule has 0 aliphatic rings. The second-order valence-corrected chi connectivity index (χ2v) is 7.67. The number of rotatable bonds is 4. The normalized spacial score (nSPS) is 11.2. The van der Waals surface area contributed by atoms with Gasteiger partial charge in [-0.25, -0.2) is 9.37 Å². The molecule has 0 amide bonds. The Labute approximate surface area is 165 Å². The number of halogens is 3. The summed E-state index contributed by atoms with van der Waals surface area (Å²) in [6.45, 7) is 0. The molecule has 0 fully saturated rings. The third kappa shape index (κ3) is 4.34. The van der Waals surface area contributed by atoms with E-state index in [1.807, 2.05) is 29.6 Å². The molecule has 0 spiro atoms. The van der Waals surface area contributed by atoms with Gasteiger partial charge in [-0.15, -0.1) is 11.3 Å². The summed E-state index contributed by atoms with van der Waals surface area (Å²) in [6, 6.07) is 14.6. The average Bonchev–Trinajstić information content (AvgIpc) is 3.07. The van der Waals surface area contributed by atoms with Crippen molar-refractivity contribution in [1.82, 2.24) is 4.98 Å². The summed E-state index contributed by atoms with van der Waals surface area (Å²) in [5.74, 6) is -0.405. The maximum Gasteiger partial charge on any atom is 0.147 e. The van der Waals surface area contributed by atoms with Gasteiger partial charge in [0, 0.05) is 26.1 Å². The van der Waals surface area contributed by atoms with Crippen LogP contribution in [0.1, 0.15) is 5.01 Å². The van der Waals surface area contributed by atoms with Gasteiger partial charge in [-0.2, -0.15) is 5.26 Å². The molecule has 3 aromatic rings. The number of hydrogen-bond donors (Lipinski definition) is 1. The number of nitrogens with zero attached hydrogens (tertiary/aromatic N) is 2. The Balaban J connectivity index is 1.84. The predicted octanol–water partition coefficient (Wildman–Crippen LogP) is 6.45. The van der Waals surface area contributed by atoms with Crippen molar-refractivity contribution in [1.29, 1.82) is 5.26 Å². The highest BCUT2D eigenvalue weighted by molar-refractivity contribution is 9.10. The Morgan fingerprint density at radius 2 is 1.88 bits per heavy atom. The number of nitrogens with one attached hydrogen (secondary N) is 1. The summed E-state index contributed by atoms with van der Waals surface area (Å²) >= 11 is 7.98. The lowest BCUT2D eigenvalue weighted by molar-refractivity contribution is 0.631. The van der Waals surface area contributed by atoms with Crippen LogP contribution >= 0.6 is 43.2 Å². The zero-order chi connectivity index (χ0) is 17.8. The van der Waals surface area contributed by atoms with Crippen LogP contribution in [0.25, 0.3) is 16.8 Å². The lowest BCUT2D eigenvalue weighted by Gasteiger charge is -2.03. The van der Waals surface area contributed by atoms with Crippen LogP contribution in [0.15, 0.2) is 63.0 Å². The van der Waals surface area contributed by atoms with E-state index in [9.17, 15) is 9.65 Å². The number of nitriles is 1. The van der Waals surface area contributed by atoms with Crippen molar-refractivity contribution < 1.29 is 4.39 Å². The summed E-state index contributed by atoms with van der Waals surface area (Å²) in [5, 5.41) is 14.7. The summed E-state index contributed by atoms with van der Waals surface area (Å²) in [6.07, 6.45) is 1.47. The number of thiazole rings is 1. The maximum atomic E-state index is 13.8. The van der Waals surface area contributed by atoms with Gasteiger partial charge in [0.15, 0.2) is 0 Å². The Hall–Kier alpha value is -2.01. The van der Waals surface area contributed by atoms with Gasteiger partial charge in [-0.1, -0.05) is 44.0 Å². The molecule has 2 aromatic carbocycles. The van der Waals surface area contributed by atoms with Gasteiger partial charge in [0.05, 0.1) is 11.4 Å². The highest BCUT2D eigenvalue weighted by Crippen LogP contribution is 2.27. The SMILES string of the molecule is N#C/C(=C\Nc1ccc(Br)cc1F)c1nc(-c2ccc(Br)cc2)cs1. The molecule has 0 bridgehead atoms. The second-order valence-electron chi connectivity index (χ2n) is 4.98. The predicted molar refractivity (Wildman–Crippen MR) is 107 cm³/mol. The van der Waals surface area contributed by atoms with Crippen molar-refractivity contribution in [3.05, 3.63) is 73.8 Å². The van der Waals surface area contributed by atoms with E-state index in [0.717, 1.165) is 15.7 Å². The minimum Gasteiger partial charge on any atom is -0.358 e. The first-order valence-corrected chi connectivity index (χ1v) is 9.57. The molecule has 25 heavy (non-hydrogen) atoms. The van der Waals surface area contributed by atoms with Crippen molar-refractivity contribution in [2.75, 3.05) is 5.32 Å². The molecule has 0 saturated carbocycles. The van der Waals surface area contributed by atoms with E-state index in [-0.39, 0.29) is 0 Å². The minimum atomic E-state index is -0.405. The second kappa shape index (κ2) is 7.91. The zero-order valence-electron chi connectivity index (χ0n) is 12.6. The maximum absolute atomic E-state index is 13.8. The van der Waals surface area contributed by atoms with Gasteiger partial charge < -0.3 is 5.32 Å². The van der Waals surface area contributed by atoms with E-state index in [1.54, 1.807) is 12.1 Å². The molecule has 0 atom stereocenters. The van der Waals surface area contributed by atoms with Crippen LogP contribution < -0.4 is 5.32 Å². The van der Waals surface area contributed by atoms with Gasteiger partial charge in [0.2, 0.25) is 0 Å². The van der Waals surface area contributed by atoms with Crippen LogP contribution in [0, 0.1) is 17.1 Å². The van der Waals surface area contributed by atoms with Crippen LogP contribution in [0.2, 0.25) is 0 Å². The van der Waals surface area contributed by atoms with Crippen LogP contribution in [-0.2, 0) is 0 Å². The molecule has 3 nitrogen and oxygen atoms in total. The van der Waals surface area contributed by atoms with E-state index in [0.29, 0.717) is 20.7 Å². The topological polar surface area (TPSA) is 48.7 Å². The summed E-state index contributed by atoms with van der Waals surface area (Å²) in [4.78, 5) is 4.50. The van der Waals surface area contributed by atoms with Crippen LogP contribution in [0.5, 0.6) is 0 Å². The number of hydrogen-bond acceptors (Lipinski definition) is 4. The van der Waals surface area contributed by atoms with Gasteiger partial charge >= 0.3 is 0 Å². The minimum absolute atomic E-state index is 0.292. The van der Waals surface area contributed by atoms with Crippen molar-refractivity contribution in [2.45, 2.75) is 0 Å². The summed E-state index contributed by atoms with van der Waals surface area (Å²) < 4.78 is 15.5. The van der Waals surface area contributed by atoms with E-state index in [4.69, 9.17) is 0 Å². The molecule has 1 aromatic heterocycles. The van der Waals surface area contributed by atoms with Gasteiger partial charge in [0.25, 0.3) is 0 Å². The third-order valence-corrected chi connectivity index (χ3v) is 5.20. The smallest absolute Gasteiger partial charge is 0.147 e. The molecule has 1 heterocycles. The first kappa shape index (κ1) is 17.8. The fourth-order valence-electron chi connectivity index (χ4n) is 2.05. The Bertz CT molecular complexity index is 975. The number of allylic oxidation sites excluding steroid dienone is 1. The van der Waals surface area contributed by atoms with Crippen molar-refractivity contribution in [2.24, 2.45) is 0 Å².